The van der Waals surface area contributed by atoms with Crippen molar-refractivity contribution < 1.29 is 0 Å². The van der Waals surface area contributed by atoms with Gasteiger partial charge in [-0.3, -0.25) is 0 Å². The van der Waals surface area contributed by atoms with Crippen molar-refractivity contribution in [2.75, 3.05) is 0 Å². The van der Waals surface area contributed by atoms with Gasteiger partial charge in [-0.05, 0) is 33.4 Å². The molecule has 0 rings (SSSR count). The molecule has 0 bridgehead atoms. The Bertz CT molecular complexity index is 159. The van der Waals surface area contributed by atoms with Crippen LogP contribution in [0, 0.1) is 0 Å². The fourth-order valence-corrected chi connectivity index (χ4v) is 1.02. The zero-order valence-electron chi connectivity index (χ0n) is 7.65. The van der Waals surface area contributed by atoms with Gasteiger partial charge in [0, 0.05) is 11.7 Å². The van der Waals surface area contributed by atoms with Gasteiger partial charge in [0.2, 0.25) is 0 Å². The first-order valence-electron chi connectivity index (χ1n) is 3.85. The van der Waals surface area contributed by atoms with E-state index in [1.807, 2.05) is 13.8 Å². The van der Waals surface area contributed by atoms with Crippen molar-refractivity contribution in [2.24, 2.45) is 5.73 Å². The van der Waals surface area contributed by atoms with E-state index in [2.05, 4.69) is 18.8 Å². The average Bonchev–Trinajstić information content (AvgIpc) is 1.85. The summed E-state index contributed by atoms with van der Waals surface area (Å²) >= 11 is 0. The second-order valence-corrected chi connectivity index (χ2v) is 3.04. The van der Waals surface area contributed by atoms with Crippen molar-refractivity contribution in [1.29, 1.82) is 0 Å². The number of allylic oxidation sites excluding steroid dienone is 1. The molecule has 11 heavy (non-hydrogen) atoms. The third kappa shape index (κ3) is 5.52. The maximum atomic E-state index is 5.34. The second-order valence-electron chi connectivity index (χ2n) is 3.04. The number of nitrogens with one attached hydrogen (secondary N) is 1. The number of hydrogen-bond acceptors (Lipinski definition) is 2. The van der Waals surface area contributed by atoms with Crippen molar-refractivity contribution in [3.63, 3.8) is 0 Å². The summed E-state index contributed by atoms with van der Waals surface area (Å²) in [6.45, 7) is 9.86. The van der Waals surface area contributed by atoms with Gasteiger partial charge >= 0.3 is 0 Å². The Morgan fingerprint density at radius 1 is 1.64 bits per heavy atom. The van der Waals surface area contributed by atoms with Gasteiger partial charge in [-0.15, -0.1) is 0 Å². The molecule has 0 aliphatic rings. The minimum Gasteiger partial charge on any atom is -0.405 e. The summed E-state index contributed by atoms with van der Waals surface area (Å²) in [5.74, 6) is 0. The predicted octanol–water partition coefficient (Wildman–Crippen LogP) is 1.75. The van der Waals surface area contributed by atoms with Crippen LogP contribution in [0.5, 0.6) is 0 Å². The van der Waals surface area contributed by atoms with Gasteiger partial charge in [0.05, 0.1) is 0 Å². The fourth-order valence-electron chi connectivity index (χ4n) is 1.02. The van der Waals surface area contributed by atoms with E-state index in [0.717, 1.165) is 12.1 Å². The zero-order chi connectivity index (χ0) is 8.85. The molecule has 64 valence electrons. The van der Waals surface area contributed by atoms with Gasteiger partial charge in [0.25, 0.3) is 0 Å². The summed E-state index contributed by atoms with van der Waals surface area (Å²) in [7, 11) is 0. The summed E-state index contributed by atoms with van der Waals surface area (Å²) in [5, 5.41) is 3.22. The summed E-state index contributed by atoms with van der Waals surface area (Å²) in [6.07, 6.45) is 2.62. The monoisotopic (exact) mass is 154 g/mol. The SMILES string of the molecule is C=C(C)NC(C)C/C(C)=C\N. The van der Waals surface area contributed by atoms with Crippen molar-refractivity contribution in [2.45, 2.75) is 33.2 Å². The van der Waals surface area contributed by atoms with Gasteiger partial charge in [0.15, 0.2) is 0 Å². The maximum absolute atomic E-state index is 5.34. The van der Waals surface area contributed by atoms with Gasteiger partial charge in [0.1, 0.15) is 0 Å². The van der Waals surface area contributed by atoms with E-state index in [4.69, 9.17) is 5.73 Å². The van der Waals surface area contributed by atoms with Gasteiger partial charge in [-0.25, -0.2) is 0 Å². The van der Waals surface area contributed by atoms with Crippen LogP contribution in [0.25, 0.3) is 0 Å². The molecule has 0 aromatic carbocycles. The molecule has 2 heteroatoms. The van der Waals surface area contributed by atoms with Crippen LogP contribution < -0.4 is 11.1 Å². The lowest BCUT2D eigenvalue weighted by Crippen LogP contribution is -2.23. The lowest BCUT2D eigenvalue weighted by Gasteiger charge is -2.14. The van der Waals surface area contributed by atoms with E-state index < -0.39 is 0 Å². The quantitative estimate of drug-likeness (QED) is 0.647. The van der Waals surface area contributed by atoms with Crippen LogP contribution in [0.4, 0.5) is 0 Å². The molecule has 0 saturated heterocycles. The molecule has 0 aromatic rings. The van der Waals surface area contributed by atoms with Crippen LogP contribution in [0.2, 0.25) is 0 Å². The molecule has 0 saturated carbocycles. The zero-order valence-corrected chi connectivity index (χ0v) is 7.65. The molecule has 0 aliphatic heterocycles. The lowest BCUT2D eigenvalue weighted by molar-refractivity contribution is 0.608. The van der Waals surface area contributed by atoms with E-state index in [0.29, 0.717) is 6.04 Å². The van der Waals surface area contributed by atoms with Crippen LogP contribution in [-0.2, 0) is 0 Å². The highest BCUT2D eigenvalue weighted by Gasteiger charge is 2.00. The highest BCUT2D eigenvalue weighted by molar-refractivity contribution is 4.99. The molecule has 2 nitrogen and oxygen atoms in total. The maximum Gasteiger partial charge on any atom is 0.0267 e. The van der Waals surface area contributed by atoms with Crippen LogP contribution >= 0.6 is 0 Å². The molecule has 0 aliphatic carbocycles. The highest BCUT2D eigenvalue weighted by atomic mass is 14.9. The number of rotatable bonds is 4. The van der Waals surface area contributed by atoms with E-state index in [1.165, 1.54) is 5.57 Å². The molecule has 1 atom stereocenters. The third-order valence-corrected chi connectivity index (χ3v) is 1.41. The van der Waals surface area contributed by atoms with E-state index in [1.54, 1.807) is 6.20 Å². The topological polar surface area (TPSA) is 38.0 Å². The summed E-state index contributed by atoms with van der Waals surface area (Å²) in [5.41, 5.74) is 7.54. The molecule has 1 unspecified atom stereocenters. The fraction of sp³-hybridized carbons (Fsp3) is 0.556. The molecular weight excluding hydrogens is 136 g/mol. The highest BCUT2D eigenvalue weighted by Crippen LogP contribution is 2.03. The largest absolute Gasteiger partial charge is 0.405 e. The first-order valence-corrected chi connectivity index (χ1v) is 3.85. The third-order valence-electron chi connectivity index (χ3n) is 1.41. The minimum atomic E-state index is 0.423. The molecule has 0 heterocycles. The smallest absolute Gasteiger partial charge is 0.0267 e. The molecule has 0 radical (unpaired) electrons. The molecular formula is C9H18N2. The Kier molecular flexibility index (Phi) is 4.42. The van der Waals surface area contributed by atoms with Crippen molar-refractivity contribution in [1.82, 2.24) is 5.32 Å². The molecule has 0 amide bonds. The summed E-state index contributed by atoms with van der Waals surface area (Å²) in [6, 6.07) is 0.423. The van der Waals surface area contributed by atoms with Crippen molar-refractivity contribution in [3.05, 3.63) is 24.0 Å². The Hall–Kier alpha value is -0.920. The van der Waals surface area contributed by atoms with E-state index in [-0.39, 0.29) is 0 Å². The summed E-state index contributed by atoms with van der Waals surface area (Å²) < 4.78 is 0. The van der Waals surface area contributed by atoms with Gasteiger partial charge in [-0.2, -0.15) is 0 Å². The van der Waals surface area contributed by atoms with Crippen LogP contribution in [0.3, 0.4) is 0 Å². The summed E-state index contributed by atoms with van der Waals surface area (Å²) in [4.78, 5) is 0. The van der Waals surface area contributed by atoms with Crippen molar-refractivity contribution >= 4 is 0 Å². The standard InChI is InChI=1S/C9H18N2/c1-7(2)11-9(4)5-8(3)6-10/h6,9,11H,1,5,10H2,2-4H3/b8-6-. The Labute approximate surface area is 69.2 Å². The first-order chi connectivity index (χ1) is 5.06. The van der Waals surface area contributed by atoms with E-state index >= 15 is 0 Å². The van der Waals surface area contributed by atoms with Gasteiger partial charge in [-0.1, -0.05) is 12.2 Å². The molecule has 0 fully saturated rings. The first kappa shape index (κ1) is 10.1. The number of hydrogen-bond donors (Lipinski definition) is 2. The Morgan fingerprint density at radius 3 is 2.55 bits per heavy atom. The Balaban J connectivity index is 3.69. The Morgan fingerprint density at radius 2 is 2.18 bits per heavy atom. The molecule has 0 spiro atoms. The molecule has 3 N–H and O–H groups in total. The lowest BCUT2D eigenvalue weighted by atomic mass is 10.1. The normalized spacial score (nSPS) is 14.3. The average molecular weight is 154 g/mol. The second kappa shape index (κ2) is 4.83. The van der Waals surface area contributed by atoms with Crippen LogP contribution in [-0.4, -0.2) is 6.04 Å². The minimum absolute atomic E-state index is 0.423. The predicted molar refractivity (Wildman–Crippen MR) is 50.0 cm³/mol. The van der Waals surface area contributed by atoms with Crippen molar-refractivity contribution in [3.8, 4) is 0 Å². The van der Waals surface area contributed by atoms with Crippen LogP contribution in [0.1, 0.15) is 27.2 Å². The van der Waals surface area contributed by atoms with Gasteiger partial charge < -0.3 is 11.1 Å². The number of nitrogens with two attached hydrogens (primary N) is 1. The molecule has 0 aromatic heterocycles. The van der Waals surface area contributed by atoms with E-state index in [9.17, 15) is 0 Å². The van der Waals surface area contributed by atoms with Crippen LogP contribution in [0.15, 0.2) is 24.0 Å².